The molecule has 2 aromatic rings. The molecule has 0 fully saturated rings. The zero-order chi connectivity index (χ0) is 15.2. The van der Waals surface area contributed by atoms with E-state index in [4.69, 9.17) is 4.74 Å². The van der Waals surface area contributed by atoms with E-state index in [2.05, 4.69) is 31.3 Å². The van der Waals surface area contributed by atoms with Crippen molar-refractivity contribution in [3.63, 3.8) is 0 Å². The molecule has 21 heavy (non-hydrogen) atoms. The molecule has 2 rings (SSSR count). The monoisotopic (exact) mass is 303 g/mol. The van der Waals surface area contributed by atoms with Gasteiger partial charge in [-0.3, -0.25) is 4.79 Å². The maximum Gasteiger partial charge on any atom is 0.223 e. The second-order valence-corrected chi connectivity index (χ2v) is 6.46. The first-order chi connectivity index (χ1) is 10.1. The van der Waals surface area contributed by atoms with Crippen molar-refractivity contribution in [3.05, 3.63) is 51.2 Å². The highest BCUT2D eigenvalue weighted by molar-refractivity contribution is 7.11. The third-order valence-corrected chi connectivity index (χ3v) is 4.40. The van der Waals surface area contributed by atoms with E-state index in [-0.39, 0.29) is 5.91 Å². The van der Waals surface area contributed by atoms with Gasteiger partial charge in [0.05, 0.1) is 19.6 Å². The Labute approximate surface area is 130 Å². The Morgan fingerprint density at radius 2 is 2.00 bits per heavy atom. The molecule has 0 aliphatic heterocycles. The predicted octanol–water partition coefficient (Wildman–Crippen LogP) is 3.76. The molecule has 1 amide bonds. The van der Waals surface area contributed by atoms with Crippen molar-refractivity contribution in [2.24, 2.45) is 0 Å². The van der Waals surface area contributed by atoms with Crippen molar-refractivity contribution in [2.75, 3.05) is 6.61 Å². The molecule has 0 spiro atoms. The maximum absolute atomic E-state index is 11.8. The van der Waals surface area contributed by atoms with Gasteiger partial charge in [0.1, 0.15) is 5.75 Å². The highest BCUT2D eigenvalue weighted by Gasteiger charge is 2.05. The van der Waals surface area contributed by atoms with Gasteiger partial charge in [-0.2, -0.15) is 0 Å². The fraction of sp³-hybridized carbons (Fsp3) is 0.353. The van der Waals surface area contributed by atoms with Gasteiger partial charge < -0.3 is 10.1 Å². The lowest BCUT2D eigenvalue weighted by Crippen LogP contribution is -2.24. The molecule has 1 N–H and O–H groups in total. The van der Waals surface area contributed by atoms with Crippen LogP contribution in [0.2, 0.25) is 0 Å². The number of benzene rings is 1. The van der Waals surface area contributed by atoms with Crippen LogP contribution in [0.4, 0.5) is 0 Å². The first kappa shape index (κ1) is 15.6. The highest BCUT2D eigenvalue weighted by atomic mass is 32.1. The Hall–Kier alpha value is -1.81. The lowest BCUT2D eigenvalue weighted by atomic mass is 10.1. The van der Waals surface area contributed by atoms with Gasteiger partial charge in [-0.1, -0.05) is 12.1 Å². The number of hydrogen-bond donors (Lipinski definition) is 1. The number of rotatable bonds is 6. The molecule has 4 heteroatoms. The number of amides is 1. The first-order valence-corrected chi connectivity index (χ1v) is 7.89. The predicted molar refractivity (Wildman–Crippen MR) is 86.9 cm³/mol. The standard InChI is InChI=1S/C17H21NO2S/c1-12-5-4-6-16(14(12)3)20-10-9-17(19)18-11-15-8-7-13(2)21-15/h4-8H,9-11H2,1-3H3,(H,18,19). The molecule has 1 aromatic carbocycles. The van der Waals surface area contributed by atoms with E-state index in [1.54, 1.807) is 11.3 Å². The minimum absolute atomic E-state index is 0.0198. The number of thiophene rings is 1. The van der Waals surface area contributed by atoms with Gasteiger partial charge in [0.15, 0.2) is 0 Å². The average Bonchev–Trinajstić information content (AvgIpc) is 2.87. The molecule has 0 aliphatic rings. The lowest BCUT2D eigenvalue weighted by molar-refractivity contribution is -0.121. The molecular formula is C17H21NO2S. The molecule has 0 radical (unpaired) electrons. The van der Waals surface area contributed by atoms with E-state index in [9.17, 15) is 4.79 Å². The van der Waals surface area contributed by atoms with Gasteiger partial charge in [0.2, 0.25) is 5.91 Å². The van der Waals surface area contributed by atoms with Crippen LogP contribution in [0.1, 0.15) is 27.3 Å². The smallest absolute Gasteiger partial charge is 0.223 e. The van der Waals surface area contributed by atoms with E-state index in [0.29, 0.717) is 19.6 Å². The Morgan fingerprint density at radius 1 is 1.19 bits per heavy atom. The third-order valence-electron chi connectivity index (χ3n) is 3.40. The SMILES string of the molecule is Cc1ccc(CNC(=O)CCOc2cccc(C)c2C)s1. The van der Waals surface area contributed by atoms with Gasteiger partial charge in [0, 0.05) is 9.75 Å². The van der Waals surface area contributed by atoms with Crippen molar-refractivity contribution in [3.8, 4) is 5.75 Å². The third kappa shape index (κ3) is 4.60. The summed E-state index contributed by atoms with van der Waals surface area (Å²) in [5, 5.41) is 2.92. The van der Waals surface area contributed by atoms with Crippen LogP contribution >= 0.6 is 11.3 Å². The van der Waals surface area contributed by atoms with Crippen molar-refractivity contribution < 1.29 is 9.53 Å². The maximum atomic E-state index is 11.8. The van der Waals surface area contributed by atoms with E-state index in [1.165, 1.54) is 15.3 Å². The van der Waals surface area contributed by atoms with Crippen LogP contribution in [0.25, 0.3) is 0 Å². The van der Waals surface area contributed by atoms with E-state index >= 15 is 0 Å². The topological polar surface area (TPSA) is 38.3 Å². The van der Waals surface area contributed by atoms with Crippen LogP contribution in [0, 0.1) is 20.8 Å². The van der Waals surface area contributed by atoms with Crippen molar-refractivity contribution in [1.29, 1.82) is 0 Å². The summed E-state index contributed by atoms with van der Waals surface area (Å²) in [6.45, 7) is 7.15. The Balaban J connectivity index is 1.73. The van der Waals surface area contributed by atoms with Crippen LogP contribution < -0.4 is 10.1 Å². The zero-order valence-corrected chi connectivity index (χ0v) is 13.5. The molecule has 112 valence electrons. The van der Waals surface area contributed by atoms with Crippen LogP contribution in [0.5, 0.6) is 5.75 Å². The fourth-order valence-electron chi connectivity index (χ4n) is 1.99. The molecule has 0 unspecified atom stereocenters. The molecule has 0 atom stereocenters. The number of hydrogen-bond acceptors (Lipinski definition) is 3. The van der Waals surface area contributed by atoms with Crippen LogP contribution in [-0.2, 0) is 11.3 Å². The van der Waals surface area contributed by atoms with Crippen molar-refractivity contribution >= 4 is 17.2 Å². The number of carbonyl (C=O) groups excluding carboxylic acids is 1. The molecule has 0 saturated heterocycles. The molecule has 0 aliphatic carbocycles. The largest absolute Gasteiger partial charge is 0.493 e. The van der Waals surface area contributed by atoms with E-state index in [1.807, 2.05) is 25.1 Å². The quantitative estimate of drug-likeness (QED) is 0.882. The van der Waals surface area contributed by atoms with Gasteiger partial charge in [-0.25, -0.2) is 0 Å². The number of ether oxygens (including phenoxy) is 1. The second-order valence-electron chi connectivity index (χ2n) is 5.09. The van der Waals surface area contributed by atoms with Crippen molar-refractivity contribution in [1.82, 2.24) is 5.32 Å². The van der Waals surface area contributed by atoms with Crippen LogP contribution in [0.3, 0.4) is 0 Å². The number of carbonyl (C=O) groups is 1. The Bertz CT molecular complexity index is 619. The lowest BCUT2D eigenvalue weighted by Gasteiger charge is -2.10. The molecule has 0 saturated carbocycles. The van der Waals surface area contributed by atoms with E-state index in [0.717, 1.165) is 11.3 Å². The number of nitrogens with one attached hydrogen (secondary N) is 1. The summed E-state index contributed by atoms with van der Waals surface area (Å²) in [4.78, 5) is 14.2. The summed E-state index contributed by atoms with van der Waals surface area (Å²) < 4.78 is 5.69. The Kier molecular flexibility index (Phi) is 5.39. The summed E-state index contributed by atoms with van der Waals surface area (Å²) >= 11 is 1.71. The highest BCUT2D eigenvalue weighted by Crippen LogP contribution is 2.20. The van der Waals surface area contributed by atoms with E-state index < -0.39 is 0 Å². The van der Waals surface area contributed by atoms with Crippen LogP contribution in [-0.4, -0.2) is 12.5 Å². The minimum Gasteiger partial charge on any atom is -0.493 e. The fourth-order valence-corrected chi connectivity index (χ4v) is 2.82. The average molecular weight is 303 g/mol. The van der Waals surface area contributed by atoms with Gasteiger partial charge in [-0.05, 0) is 50.1 Å². The molecular weight excluding hydrogens is 282 g/mol. The normalized spacial score (nSPS) is 10.4. The van der Waals surface area contributed by atoms with Crippen molar-refractivity contribution in [2.45, 2.75) is 33.7 Å². The van der Waals surface area contributed by atoms with Crippen LogP contribution in [0.15, 0.2) is 30.3 Å². The summed E-state index contributed by atoms with van der Waals surface area (Å²) in [6.07, 6.45) is 0.373. The second kappa shape index (κ2) is 7.27. The summed E-state index contributed by atoms with van der Waals surface area (Å²) in [5.74, 6) is 0.878. The first-order valence-electron chi connectivity index (χ1n) is 7.07. The summed E-state index contributed by atoms with van der Waals surface area (Å²) in [5.41, 5.74) is 2.33. The number of aryl methyl sites for hydroxylation is 2. The van der Waals surface area contributed by atoms with Gasteiger partial charge in [-0.15, -0.1) is 11.3 Å². The van der Waals surface area contributed by atoms with Gasteiger partial charge in [0.25, 0.3) is 0 Å². The minimum atomic E-state index is 0.0198. The Morgan fingerprint density at radius 3 is 2.71 bits per heavy atom. The molecule has 1 heterocycles. The summed E-state index contributed by atoms with van der Waals surface area (Å²) in [6, 6.07) is 10.1. The zero-order valence-electron chi connectivity index (χ0n) is 12.7. The summed E-state index contributed by atoms with van der Waals surface area (Å²) in [7, 11) is 0. The molecule has 1 aromatic heterocycles. The van der Waals surface area contributed by atoms with Gasteiger partial charge >= 0.3 is 0 Å². The molecule has 3 nitrogen and oxygen atoms in total. The molecule has 0 bridgehead atoms.